The summed E-state index contributed by atoms with van der Waals surface area (Å²) in [4.78, 5) is 0. The van der Waals surface area contributed by atoms with Crippen molar-refractivity contribution in [3.8, 4) is 50.3 Å². The zero-order chi connectivity index (χ0) is 37.6. The lowest BCUT2D eigenvalue weighted by atomic mass is 9.81. The zero-order valence-electron chi connectivity index (χ0n) is 32.9. The molecule has 2 heteroatoms. The molecule has 0 N–H and O–H groups in total. The lowest BCUT2D eigenvalue weighted by molar-refractivity contribution is -0.883. The van der Waals surface area contributed by atoms with Crippen molar-refractivity contribution in [2.24, 2.45) is 0 Å². The minimum absolute atomic E-state index is 0.0708. The number of fused-ring (bicyclic) bond motifs is 2. The molecule has 0 amide bonds. The molecule has 7 aromatic rings. The standard InChI is InChI=1S/C51H53NO/c1-32(2)40-29-43(33(3)4)48(44(30-40)34(5)6)37-25-23-36(24-26-37)46-28-39-20-14-16-22-42(39)50(51(46)53)49-41-21-15-13-19-38(41)27-45(35-17-11-10-12-18-35)47(49)31-52(7,8)9/h10-30,32-34H,31H2,1-9H3. The molecule has 0 spiro atoms. The minimum Gasteiger partial charge on any atom is -0.872 e. The van der Waals surface area contributed by atoms with Crippen LogP contribution in [0.15, 0.2) is 127 Å². The van der Waals surface area contributed by atoms with Crippen molar-refractivity contribution in [3.63, 3.8) is 0 Å². The Labute approximate surface area is 317 Å². The Hall–Kier alpha value is -5.18. The second kappa shape index (κ2) is 14.3. The predicted molar refractivity (Wildman–Crippen MR) is 227 cm³/mol. The summed E-state index contributed by atoms with van der Waals surface area (Å²) in [6, 6.07) is 45.7. The van der Waals surface area contributed by atoms with Crippen LogP contribution in [0.3, 0.4) is 0 Å². The van der Waals surface area contributed by atoms with E-state index in [4.69, 9.17) is 0 Å². The topological polar surface area (TPSA) is 23.1 Å². The molecule has 53 heavy (non-hydrogen) atoms. The molecule has 0 aliphatic carbocycles. The van der Waals surface area contributed by atoms with Crippen LogP contribution in [0.5, 0.6) is 5.75 Å². The Bertz CT molecular complexity index is 2400. The van der Waals surface area contributed by atoms with Crippen molar-refractivity contribution in [1.29, 1.82) is 0 Å². The molecule has 0 bridgehead atoms. The Morgan fingerprint density at radius 1 is 0.472 bits per heavy atom. The van der Waals surface area contributed by atoms with E-state index in [0.29, 0.717) is 17.8 Å². The van der Waals surface area contributed by atoms with Crippen LogP contribution in [0.2, 0.25) is 0 Å². The van der Waals surface area contributed by atoms with Gasteiger partial charge in [-0.25, -0.2) is 0 Å². The number of benzene rings is 7. The molecular weight excluding hydrogens is 643 g/mol. The van der Waals surface area contributed by atoms with Gasteiger partial charge in [-0.3, -0.25) is 0 Å². The van der Waals surface area contributed by atoms with Crippen LogP contribution in [0.25, 0.3) is 66.1 Å². The molecule has 268 valence electrons. The molecule has 0 unspecified atom stereocenters. The van der Waals surface area contributed by atoms with E-state index in [0.717, 1.165) is 60.4 Å². The van der Waals surface area contributed by atoms with Crippen molar-refractivity contribution in [2.45, 2.75) is 65.8 Å². The van der Waals surface area contributed by atoms with Gasteiger partial charge in [-0.15, -0.1) is 0 Å². The van der Waals surface area contributed by atoms with E-state index in [-0.39, 0.29) is 5.75 Å². The van der Waals surface area contributed by atoms with E-state index < -0.39 is 0 Å². The monoisotopic (exact) mass is 695 g/mol. The summed E-state index contributed by atoms with van der Waals surface area (Å²) in [6.07, 6.45) is 0. The van der Waals surface area contributed by atoms with Gasteiger partial charge in [0.25, 0.3) is 0 Å². The molecule has 7 aromatic carbocycles. The Morgan fingerprint density at radius 3 is 1.47 bits per heavy atom. The fraction of sp³-hybridized carbons (Fsp3) is 0.255. The van der Waals surface area contributed by atoms with Gasteiger partial charge >= 0.3 is 0 Å². The van der Waals surface area contributed by atoms with Crippen LogP contribution in [-0.4, -0.2) is 25.6 Å². The Kier molecular flexibility index (Phi) is 9.79. The third-order valence-electron chi connectivity index (χ3n) is 10.7. The maximum Gasteiger partial charge on any atom is 0.105 e. The highest BCUT2D eigenvalue weighted by Gasteiger charge is 2.24. The second-order valence-electron chi connectivity index (χ2n) is 16.8. The van der Waals surface area contributed by atoms with E-state index >= 15 is 5.11 Å². The molecule has 2 nitrogen and oxygen atoms in total. The van der Waals surface area contributed by atoms with Crippen LogP contribution in [0.4, 0.5) is 0 Å². The third-order valence-corrected chi connectivity index (χ3v) is 10.7. The summed E-state index contributed by atoms with van der Waals surface area (Å²) >= 11 is 0. The predicted octanol–water partition coefficient (Wildman–Crippen LogP) is 13.3. The van der Waals surface area contributed by atoms with Crippen LogP contribution >= 0.6 is 0 Å². The van der Waals surface area contributed by atoms with E-state index in [1.54, 1.807) is 0 Å². The van der Waals surface area contributed by atoms with Crippen molar-refractivity contribution >= 4 is 21.5 Å². The molecule has 0 atom stereocenters. The van der Waals surface area contributed by atoms with Gasteiger partial charge in [0.2, 0.25) is 0 Å². The summed E-state index contributed by atoms with van der Waals surface area (Å²) in [7, 11) is 6.69. The third kappa shape index (κ3) is 7.01. The van der Waals surface area contributed by atoms with Crippen molar-refractivity contribution in [3.05, 3.63) is 150 Å². The van der Waals surface area contributed by atoms with Gasteiger partial charge in [-0.05, 0) is 113 Å². The van der Waals surface area contributed by atoms with Crippen molar-refractivity contribution < 1.29 is 9.59 Å². The number of hydrogen-bond acceptors (Lipinski definition) is 1. The Morgan fingerprint density at radius 2 is 0.943 bits per heavy atom. The van der Waals surface area contributed by atoms with Crippen LogP contribution in [-0.2, 0) is 6.54 Å². The molecular formula is C51H53NO. The van der Waals surface area contributed by atoms with E-state index in [1.807, 2.05) is 0 Å². The maximum absolute atomic E-state index is 15.3. The smallest absolute Gasteiger partial charge is 0.105 e. The van der Waals surface area contributed by atoms with E-state index in [9.17, 15) is 0 Å². The van der Waals surface area contributed by atoms with E-state index in [1.165, 1.54) is 38.9 Å². The first-order chi connectivity index (χ1) is 25.3. The average Bonchev–Trinajstić information content (AvgIpc) is 3.14. The molecule has 0 aliphatic heterocycles. The number of quaternary nitrogens is 1. The van der Waals surface area contributed by atoms with Crippen molar-refractivity contribution in [2.75, 3.05) is 21.1 Å². The van der Waals surface area contributed by atoms with Gasteiger partial charge in [-0.2, -0.15) is 0 Å². The highest BCUT2D eigenvalue weighted by Crippen LogP contribution is 2.49. The number of hydrogen-bond donors (Lipinski definition) is 0. The molecule has 0 aliphatic rings. The molecule has 0 saturated heterocycles. The SMILES string of the molecule is CC(C)c1cc(C(C)C)c(-c2ccc(-c3cc4ccccc4c(-c4c(C[N+](C)(C)C)c(-c5ccccc5)cc5ccccc45)c3[O-])cc2)c(C(C)C)c1. The number of rotatable bonds is 9. The lowest BCUT2D eigenvalue weighted by Gasteiger charge is -2.30. The van der Waals surface area contributed by atoms with Crippen LogP contribution < -0.4 is 5.11 Å². The summed E-state index contributed by atoms with van der Waals surface area (Å²) in [6.45, 7) is 14.5. The van der Waals surface area contributed by atoms with Gasteiger partial charge in [-0.1, -0.05) is 163 Å². The highest BCUT2D eigenvalue weighted by atomic mass is 16.3. The second-order valence-corrected chi connectivity index (χ2v) is 16.8. The average molecular weight is 696 g/mol. The quantitative estimate of drug-likeness (QED) is 0.138. The molecule has 0 saturated carbocycles. The van der Waals surface area contributed by atoms with Gasteiger partial charge in [0.1, 0.15) is 6.54 Å². The summed E-state index contributed by atoms with van der Waals surface area (Å²) in [5.74, 6) is 1.31. The van der Waals surface area contributed by atoms with Gasteiger partial charge in [0.15, 0.2) is 0 Å². The van der Waals surface area contributed by atoms with Crippen LogP contribution in [0.1, 0.15) is 81.5 Å². The summed E-state index contributed by atoms with van der Waals surface area (Å²) in [5.41, 5.74) is 13.8. The molecule has 0 fully saturated rings. The van der Waals surface area contributed by atoms with Gasteiger partial charge < -0.3 is 9.59 Å². The Balaban J connectivity index is 1.50. The first-order valence-electron chi connectivity index (χ1n) is 19.2. The summed E-state index contributed by atoms with van der Waals surface area (Å²) < 4.78 is 0.729. The highest BCUT2D eigenvalue weighted by molar-refractivity contribution is 6.12. The van der Waals surface area contributed by atoms with Gasteiger partial charge in [0.05, 0.1) is 21.1 Å². The zero-order valence-corrected chi connectivity index (χ0v) is 32.9. The molecule has 0 heterocycles. The van der Waals surface area contributed by atoms with Crippen molar-refractivity contribution in [1.82, 2.24) is 0 Å². The first kappa shape index (κ1) is 36.2. The maximum atomic E-state index is 15.3. The minimum atomic E-state index is 0.0708. The molecule has 7 rings (SSSR count). The van der Waals surface area contributed by atoms with Gasteiger partial charge in [0, 0.05) is 5.56 Å². The lowest BCUT2D eigenvalue weighted by Crippen LogP contribution is -2.33. The number of nitrogens with zero attached hydrogens (tertiary/aromatic N) is 1. The first-order valence-corrected chi connectivity index (χ1v) is 19.2. The fourth-order valence-corrected chi connectivity index (χ4v) is 8.09. The molecule has 0 radical (unpaired) electrons. The normalized spacial score (nSPS) is 12.2. The fourth-order valence-electron chi connectivity index (χ4n) is 8.09. The van der Waals surface area contributed by atoms with E-state index in [2.05, 4.69) is 190 Å². The molecule has 0 aromatic heterocycles. The summed E-state index contributed by atoms with van der Waals surface area (Å²) in [5, 5.41) is 19.6. The largest absolute Gasteiger partial charge is 0.872 e. The van der Waals surface area contributed by atoms with Crippen LogP contribution in [0, 0.1) is 0 Å².